The van der Waals surface area contributed by atoms with Crippen LogP contribution in [0.3, 0.4) is 0 Å². The Morgan fingerprint density at radius 2 is 1.72 bits per heavy atom. The van der Waals surface area contributed by atoms with Gasteiger partial charge in [0.1, 0.15) is 0 Å². The summed E-state index contributed by atoms with van der Waals surface area (Å²) in [6.45, 7) is 6.10. The second-order valence-electron chi connectivity index (χ2n) is 4.41. The molecule has 0 aromatic heterocycles. The summed E-state index contributed by atoms with van der Waals surface area (Å²) in [4.78, 5) is 0. The second-order valence-corrected chi connectivity index (χ2v) is 5.20. The zero-order valence-corrected chi connectivity index (χ0v) is 11.8. The fraction of sp³-hybridized carbons (Fsp3) is 0.188. The zero-order valence-electron chi connectivity index (χ0n) is 10.3. The highest BCUT2D eigenvalue weighted by atomic mass is 35.5. The van der Waals surface area contributed by atoms with Crippen molar-refractivity contribution in [2.45, 2.75) is 19.3 Å². The molecule has 0 aliphatic heterocycles. The van der Waals surface area contributed by atoms with Crippen molar-refractivity contribution in [3.63, 3.8) is 0 Å². The predicted octanol–water partition coefficient (Wildman–Crippen LogP) is 5.99. The minimum Gasteiger partial charge on any atom is -0.0827 e. The van der Waals surface area contributed by atoms with Gasteiger partial charge in [-0.25, -0.2) is 0 Å². The molecule has 0 aliphatic rings. The Hall–Kier alpha value is -0.980. The highest BCUT2D eigenvalue weighted by molar-refractivity contribution is 6.43. The van der Waals surface area contributed by atoms with Gasteiger partial charge in [-0.3, -0.25) is 0 Å². The van der Waals surface area contributed by atoms with Gasteiger partial charge in [0.2, 0.25) is 0 Å². The summed E-state index contributed by atoms with van der Waals surface area (Å²) in [5, 5.41) is 1.20. The number of hydrogen-bond donors (Lipinski definition) is 0. The number of rotatable bonds is 3. The first kappa shape index (κ1) is 13.5. The van der Waals surface area contributed by atoms with E-state index < -0.39 is 0 Å². The van der Waals surface area contributed by atoms with Crippen molar-refractivity contribution in [3.8, 4) is 11.1 Å². The summed E-state index contributed by atoms with van der Waals surface area (Å²) in [6, 6.07) is 14.1. The molecule has 0 saturated carbocycles. The van der Waals surface area contributed by atoms with Crippen molar-refractivity contribution in [1.29, 1.82) is 0 Å². The Kier molecular flexibility index (Phi) is 4.31. The summed E-state index contributed by atoms with van der Waals surface area (Å²) in [6.07, 6.45) is 0.900. The highest BCUT2D eigenvalue weighted by Gasteiger charge is 2.08. The van der Waals surface area contributed by atoms with Gasteiger partial charge in [-0.2, -0.15) is 0 Å². The molecule has 1 unspecified atom stereocenters. The molecule has 0 N–H and O–H groups in total. The predicted molar refractivity (Wildman–Crippen MR) is 80.3 cm³/mol. The zero-order chi connectivity index (χ0) is 13.1. The van der Waals surface area contributed by atoms with Gasteiger partial charge in [0, 0.05) is 5.56 Å². The van der Waals surface area contributed by atoms with Gasteiger partial charge in [-0.1, -0.05) is 73.4 Å². The molecule has 0 spiro atoms. The molecule has 2 rings (SSSR count). The van der Waals surface area contributed by atoms with Crippen LogP contribution in [0.25, 0.3) is 11.1 Å². The van der Waals surface area contributed by atoms with Crippen molar-refractivity contribution in [2.75, 3.05) is 0 Å². The molecular formula is C16H15Cl2. The van der Waals surface area contributed by atoms with E-state index in [4.69, 9.17) is 23.2 Å². The van der Waals surface area contributed by atoms with E-state index in [9.17, 15) is 0 Å². The van der Waals surface area contributed by atoms with Gasteiger partial charge in [0.15, 0.2) is 0 Å². The molecule has 0 amide bonds. The smallest absolute Gasteiger partial charge is 0.0670 e. The van der Waals surface area contributed by atoms with Gasteiger partial charge < -0.3 is 0 Å². The van der Waals surface area contributed by atoms with Crippen molar-refractivity contribution < 1.29 is 0 Å². The standard InChI is InChI=1S/C16H15Cl2/c1-3-11(2)12-7-9-13(10-8-12)14-5-4-6-15(17)16(14)18/h4-11H,1,3H2,2H3. The molecule has 18 heavy (non-hydrogen) atoms. The largest absolute Gasteiger partial charge is 0.0827 e. The average molecular weight is 278 g/mol. The fourth-order valence-electron chi connectivity index (χ4n) is 1.88. The molecule has 0 nitrogen and oxygen atoms in total. The molecule has 2 aromatic carbocycles. The Balaban J connectivity index is 2.37. The van der Waals surface area contributed by atoms with Crippen LogP contribution in [0.2, 0.25) is 10.0 Å². The van der Waals surface area contributed by atoms with Crippen molar-refractivity contribution in [3.05, 3.63) is 65.0 Å². The van der Waals surface area contributed by atoms with E-state index in [0.717, 1.165) is 17.5 Å². The van der Waals surface area contributed by atoms with E-state index in [1.54, 1.807) is 6.07 Å². The van der Waals surface area contributed by atoms with E-state index in [1.807, 2.05) is 12.1 Å². The minimum absolute atomic E-state index is 0.480. The number of benzene rings is 2. The molecule has 93 valence electrons. The lowest BCUT2D eigenvalue weighted by molar-refractivity contribution is 0.778. The first-order valence-electron chi connectivity index (χ1n) is 5.97. The van der Waals surface area contributed by atoms with E-state index in [-0.39, 0.29) is 0 Å². The average Bonchev–Trinajstić information content (AvgIpc) is 2.41. The fourth-order valence-corrected chi connectivity index (χ4v) is 2.29. The first-order chi connectivity index (χ1) is 8.63. The van der Waals surface area contributed by atoms with Crippen LogP contribution >= 0.6 is 23.2 Å². The maximum Gasteiger partial charge on any atom is 0.0670 e. The van der Waals surface area contributed by atoms with Crippen molar-refractivity contribution >= 4 is 23.2 Å². The van der Waals surface area contributed by atoms with E-state index >= 15 is 0 Å². The molecule has 0 bridgehead atoms. The molecule has 0 fully saturated rings. The lowest BCUT2D eigenvalue weighted by Crippen LogP contribution is -1.91. The summed E-state index contributed by atoms with van der Waals surface area (Å²) in [7, 11) is 0. The maximum atomic E-state index is 6.22. The monoisotopic (exact) mass is 277 g/mol. The highest BCUT2D eigenvalue weighted by Crippen LogP contribution is 2.34. The minimum atomic E-state index is 0.480. The molecular weight excluding hydrogens is 263 g/mol. The van der Waals surface area contributed by atoms with Crippen molar-refractivity contribution in [1.82, 2.24) is 0 Å². The van der Waals surface area contributed by atoms with Crippen LogP contribution in [0, 0.1) is 6.92 Å². The molecule has 0 saturated heterocycles. The third-order valence-electron chi connectivity index (χ3n) is 3.18. The molecule has 0 aliphatic carbocycles. The third kappa shape index (κ3) is 2.71. The van der Waals surface area contributed by atoms with Gasteiger partial charge in [0.05, 0.1) is 10.0 Å². The summed E-state index contributed by atoms with van der Waals surface area (Å²) >= 11 is 12.2. The van der Waals surface area contributed by atoms with Gasteiger partial charge in [0.25, 0.3) is 0 Å². The molecule has 1 radical (unpaired) electrons. The molecule has 1 atom stereocenters. The molecule has 2 aromatic rings. The van der Waals surface area contributed by atoms with Crippen LogP contribution in [-0.2, 0) is 0 Å². The summed E-state index contributed by atoms with van der Waals surface area (Å²) < 4.78 is 0. The van der Waals surface area contributed by atoms with Gasteiger partial charge >= 0.3 is 0 Å². The third-order valence-corrected chi connectivity index (χ3v) is 3.99. The van der Waals surface area contributed by atoms with Crippen LogP contribution in [0.1, 0.15) is 24.8 Å². The lowest BCUT2D eigenvalue weighted by Gasteiger charge is -2.11. The van der Waals surface area contributed by atoms with E-state index in [1.165, 1.54) is 5.56 Å². The van der Waals surface area contributed by atoms with E-state index in [2.05, 4.69) is 38.1 Å². The van der Waals surface area contributed by atoms with Crippen LogP contribution in [-0.4, -0.2) is 0 Å². The normalized spacial score (nSPS) is 12.4. The first-order valence-corrected chi connectivity index (χ1v) is 6.72. The molecule has 0 heterocycles. The van der Waals surface area contributed by atoms with Crippen LogP contribution in [0.4, 0.5) is 0 Å². The number of hydrogen-bond acceptors (Lipinski definition) is 0. The Morgan fingerprint density at radius 1 is 1.06 bits per heavy atom. The molecule has 2 heteroatoms. The van der Waals surface area contributed by atoms with Crippen LogP contribution in [0.5, 0.6) is 0 Å². The van der Waals surface area contributed by atoms with Gasteiger partial charge in [-0.05, 0) is 29.5 Å². The van der Waals surface area contributed by atoms with Crippen LogP contribution < -0.4 is 0 Å². The number of halogens is 2. The van der Waals surface area contributed by atoms with Crippen LogP contribution in [0.15, 0.2) is 42.5 Å². The maximum absolute atomic E-state index is 6.22. The van der Waals surface area contributed by atoms with Gasteiger partial charge in [-0.15, -0.1) is 0 Å². The SMILES string of the molecule is [CH2]CC(C)c1ccc(-c2cccc(Cl)c2Cl)cc1. The van der Waals surface area contributed by atoms with E-state index in [0.29, 0.717) is 16.0 Å². The second kappa shape index (κ2) is 5.77. The topological polar surface area (TPSA) is 0 Å². The summed E-state index contributed by atoms with van der Waals surface area (Å²) in [5.74, 6) is 0.480. The summed E-state index contributed by atoms with van der Waals surface area (Å²) in [5.41, 5.74) is 3.35. The Labute approximate surface area is 119 Å². The Morgan fingerprint density at radius 3 is 2.33 bits per heavy atom. The van der Waals surface area contributed by atoms with Crippen molar-refractivity contribution in [2.24, 2.45) is 0 Å². The Bertz CT molecular complexity index is 529. The quantitative estimate of drug-likeness (QED) is 0.647. The lowest BCUT2D eigenvalue weighted by atomic mass is 9.96.